The van der Waals surface area contributed by atoms with Gasteiger partial charge in [-0.2, -0.15) is 0 Å². The minimum atomic E-state index is -0.560. The van der Waals surface area contributed by atoms with Crippen LogP contribution in [0.25, 0.3) is 0 Å². The van der Waals surface area contributed by atoms with Crippen LogP contribution in [-0.4, -0.2) is 59.4 Å². The number of carbonyl (C=O) groups is 1. The predicted octanol–water partition coefficient (Wildman–Crippen LogP) is -1.32. The highest BCUT2D eigenvalue weighted by Crippen LogP contribution is 1.68. The average Bonchev–Trinajstić information content (AvgIpc) is 2.28. The van der Waals surface area contributed by atoms with Crippen LogP contribution >= 0.6 is 0 Å². The molecule has 0 fully saturated rings. The van der Waals surface area contributed by atoms with Gasteiger partial charge in [-0.15, -0.1) is 0 Å². The lowest BCUT2D eigenvalue weighted by atomic mass is 10.5. The molecule has 0 saturated heterocycles. The second kappa shape index (κ2) is 18.8. The molecule has 15 heavy (non-hydrogen) atoms. The molecule has 4 N–H and O–H groups in total. The van der Waals surface area contributed by atoms with Gasteiger partial charge < -0.3 is 25.2 Å². The van der Waals surface area contributed by atoms with Crippen LogP contribution in [0.3, 0.4) is 0 Å². The van der Waals surface area contributed by atoms with E-state index in [2.05, 4.69) is 11.3 Å². The van der Waals surface area contributed by atoms with E-state index in [1.165, 1.54) is 14.0 Å². The summed E-state index contributed by atoms with van der Waals surface area (Å²) in [5.74, 6) is -0.394. The second-order valence-corrected chi connectivity index (χ2v) is 2.21. The van der Waals surface area contributed by atoms with Crippen molar-refractivity contribution in [3.8, 4) is 0 Å². The smallest absolute Gasteiger partial charge is 0.329 e. The van der Waals surface area contributed by atoms with E-state index in [0.717, 1.165) is 6.08 Å². The molecule has 0 spiro atoms. The van der Waals surface area contributed by atoms with Gasteiger partial charge in [-0.25, -0.2) is 4.79 Å². The third-order valence-electron chi connectivity index (χ3n) is 0.732. The van der Waals surface area contributed by atoms with E-state index in [9.17, 15) is 4.79 Å². The van der Waals surface area contributed by atoms with E-state index >= 15 is 0 Å². The van der Waals surface area contributed by atoms with Gasteiger partial charge in [0.05, 0.1) is 33.0 Å². The lowest BCUT2D eigenvalue weighted by Crippen LogP contribution is -2.03. The summed E-state index contributed by atoms with van der Waals surface area (Å²) < 4.78 is 4.14. The Morgan fingerprint density at radius 2 is 1.73 bits per heavy atom. The SMILES string of the molecule is C=CC(=O)OC.CC(O)CO.OCCO. The van der Waals surface area contributed by atoms with Crippen LogP contribution in [0.5, 0.6) is 0 Å². The molecule has 1 unspecified atom stereocenters. The standard InChI is InChI=1S/C4H6O2.C3H8O2.C2H6O2/c1-3-4(5)6-2;1-3(5)2-4;3-1-2-4/h3H,1H2,2H3;3-5H,2H2,1H3;3-4H,1-2H2. The number of ether oxygens (including phenoxy) is 1. The van der Waals surface area contributed by atoms with E-state index in [1.54, 1.807) is 0 Å². The monoisotopic (exact) mass is 224 g/mol. The summed E-state index contributed by atoms with van der Waals surface area (Å²) >= 11 is 0. The zero-order valence-electron chi connectivity index (χ0n) is 9.09. The van der Waals surface area contributed by atoms with Crippen molar-refractivity contribution in [1.29, 1.82) is 0 Å². The van der Waals surface area contributed by atoms with Gasteiger partial charge >= 0.3 is 5.97 Å². The molecule has 0 bridgehead atoms. The molecule has 6 nitrogen and oxygen atoms in total. The minimum Gasteiger partial charge on any atom is -0.466 e. The number of rotatable bonds is 3. The Bertz CT molecular complexity index is 133. The number of hydrogen-bond acceptors (Lipinski definition) is 6. The fourth-order valence-corrected chi connectivity index (χ4v) is 0.0833. The molecular formula is C9H20O6. The van der Waals surface area contributed by atoms with Crippen molar-refractivity contribution >= 4 is 5.97 Å². The van der Waals surface area contributed by atoms with Crippen molar-refractivity contribution in [3.05, 3.63) is 12.7 Å². The lowest BCUT2D eigenvalue weighted by Gasteiger charge is -1.90. The fourth-order valence-electron chi connectivity index (χ4n) is 0.0833. The molecule has 0 heterocycles. The van der Waals surface area contributed by atoms with Gasteiger partial charge in [-0.05, 0) is 6.92 Å². The Morgan fingerprint density at radius 3 is 1.73 bits per heavy atom. The topological polar surface area (TPSA) is 107 Å². The van der Waals surface area contributed by atoms with Crippen LogP contribution in [0, 0.1) is 0 Å². The molecule has 0 aliphatic heterocycles. The first-order valence-electron chi connectivity index (χ1n) is 4.21. The van der Waals surface area contributed by atoms with Crippen molar-refractivity contribution in [2.45, 2.75) is 13.0 Å². The molecule has 0 radical (unpaired) electrons. The normalized spacial score (nSPS) is 9.73. The van der Waals surface area contributed by atoms with Crippen LogP contribution in [0.4, 0.5) is 0 Å². The molecule has 0 aliphatic carbocycles. The number of methoxy groups -OCH3 is 1. The summed E-state index contributed by atoms with van der Waals surface area (Å²) in [6.45, 7) is 4.30. The Kier molecular flexibility index (Phi) is 24.5. The number of carbonyl (C=O) groups excluding carboxylic acids is 1. The summed E-state index contributed by atoms with van der Waals surface area (Å²) in [4.78, 5) is 9.84. The van der Waals surface area contributed by atoms with Crippen LogP contribution in [0.1, 0.15) is 6.92 Å². The van der Waals surface area contributed by atoms with Gasteiger partial charge in [-0.1, -0.05) is 6.58 Å². The fraction of sp³-hybridized carbons (Fsp3) is 0.667. The molecule has 0 rings (SSSR count). The highest BCUT2D eigenvalue weighted by molar-refractivity contribution is 5.80. The van der Waals surface area contributed by atoms with Crippen molar-refractivity contribution in [3.63, 3.8) is 0 Å². The van der Waals surface area contributed by atoms with Gasteiger partial charge in [-0.3, -0.25) is 0 Å². The zero-order chi connectivity index (χ0) is 12.7. The van der Waals surface area contributed by atoms with Gasteiger partial charge in [0, 0.05) is 6.08 Å². The molecule has 92 valence electrons. The first kappa shape index (κ1) is 19.6. The average molecular weight is 224 g/mol. The van der Waals surface area contributed by atoms with Crippen molar-refractivity contribution < 1.29 is 30.0 Å². The molecule has 0 aromatic heterocycles. The van der Waals surface area contributed by atoms with Crippen molar-refractivity contribution in [2.75, 3.05) is 26.9 Å². The zero-order valence-corrected chi connectivity index (χ0v) is 9.09. The van der Waals surface area contributed by atoms with E-state index < -0.39 is 12.1 Å². The molecule has 1 atom stereocenters. The highest BCUT2D eigenvalue weighted by atomic mass is 16.5. The van der Waals surface area contributed by atoms with Gasteiger partial charge in [0.15, 0.2) is 0 Å². The molecule has 0 saturated carbocycles. The molecule has 6 heteroatoms. The first-order chi connectivity index (χ1) is 6.99. The maximum atomic E-state index is 9.84. The predicted molar refractivity (Wildman–Crippen MR) is 55.2 cm³/mol. The van der Waals surface area contributed by atoms with Gasteiger partial charge in [0.25, 0.3) is 0 Å². The Morgan fingerprint density at radius 1 is 1.40 bits per heavy atom. The lowest BCUT2D eigenvalue weighted by molar-refractivity contribution is -0.134. The molecule has 0 aliphatic rings. The quantitative estimate of drug-likeness (QED) is 0.350. The second-order valence-electron chi connectivity index (χ2n) is 2.21. The summed E-state index contributed by atoms with van der Waals surface area (Å²) in [6.07, 6.45) is 0.551. The first-order valence-corrected chi connectivity index (χ1v) is 4.21. The maximum Gasteiger partial charge on any atom is 0.329 e. The van der Waals surface area contributed by atoms with Crippen molar-refractivity contribution in [1.82, 2.24) is 0 Å². The largest absolute Gasteiger partial charge is 0.466 e. The van der Waals surface area contributed by atoms with E-state index in [4.69, 9.17) is 20.4 Å². The van der Waals surface area contributed by atoms with E-state index in [-0.39, 0.29) is 19.8 Å². The third kappa shape index (κ3) is 43.5. The molecule has 0 aromatic carbocycles. The van der Waals surface area contributed by atoms with Gasteiger partial charge in [0.1, 0.15) is 0 Å². The Labute approximate surface area is 89.4 Å². The maximum absolute atomic E-state index is 9.84. The number of aliphatic hydroxyl groups is 4. The molecular weight excluding hydrogens is 204 g/mol. The van der Waals surface area contributed by atoms with E-state index in [0.29, 0.717) is 0 Å². The Balaban J connectivity index is -0.000000147. The summed E-state index contributed by atoms with van der Waals surface area (Å²) in [6, 6.07) is 0. The molecule has 0 amide bonds. The summed E-state index contributed by atoms with van der Waals surface area (Å²) in [5, 5.41) is 31.3. The van der Waals surface area contributed by atoms with Crippen LogP contribution in [0.15, 0.2) is 12.7 Å². The number of esters is 1. The summed E-state index contributed by atoms with van der Waals surface area (Å²) in [7, 11) is 1.31. The number of hydrogen-bond donors (Lipinski definition) is 4. The van der Waals surface area contributed by atoms with Gasteiger partial charge in [0.2, 0.25) is 0 Å². The summed E-state index contributed by atoms with van der Waals surface area (Å²) in [5.41, 5.74) is 0. The minimum absolute atomic E-state index is 0.125. The van der Waals surface area contributed by atoms with Crippen LogP contribution in [0.2, 0.25) is 0 Å². The third-order valence-corrected chi connectivity index (χ3v) is 0.732. The molecule has 0 aromatic rings. The highest BCUT2D eigenvalue weighted by Gasteiger charge is 1.83. The number of aliphatic hydroxyl groups excluding tert-OH is 4. The van der Waals surface area contributed by atoms with E-state index in [1.807, 2.05) is 0 Å². The Hall–Kier alpha value is -0.950. The van der Waals surface area contributed by atoms with Crippen LogP contribution < -0.4 is 0 Å². The van der Waals surface area contributed by atoms with Crippen molar-refractivity contribution in [2.24, 2.45) is 0 Å². The van der Waals surface area contributed by atoms with Crippen LogP contribution in [-0.2, 0) is 9.53 Å².